The number of ether oxygens (including phenoxy) is 3. The summed E-state index contributed by atoms with van der Waals surface area (Å²) in [6.07, 6.45) is 11.5. The van der Waals surface area contributed by atoms with Crippen LogP contribution in [0.5, 0.6) is 17.2 Å². The van der Waals surface area contributed by atoms with Gasteiger partial charge in [0.1, 0.15) is 0 Å². The highest BCUT2D eigenvalue weighted by Crippen LogP contribution is 2.41. The zero-order valence-corrected chi connectivity index (χ0v) is 17.2. The third-order valence-corrected chi connectivity index (χ3v) is 5.17. The molecule has 0 N–H and O–H groups in total. The van der Waals surface area contributed by atoms with Gasteiger partial charge in [-0.2, -0.15) is 0 Å². The zero-order valence-electron chi connectivity index (χ0n) is 17.2. The molecule has 1 aromatic rings. The Balaban J connectivity index is 2.17. The van der Waals surface area contributed by atoms with E-state index in [4.69, 9.17) is 14.2 Å². The summed E-state index contributed by atoms with van der Waals surface area (Å²) in [5.41, 5.74) is 2.32. The van der Waals surface area contributed by atoms with E-state index in [1.165, 1.54) is 5.57 Å². The van der Waals surface area contributed by atoms with Gasteiger partial charge in [0.05, 0.1) is 21.3 Å². The Morgan fingerprint density at radius 2 is 1.70 bits per heavy atom. The molecule has 0 saturated carbocycles. The third kappa shape index (κ3) is 5.03. The quantitative estimate of drug-likeness (QED) is 0.487. The van der Waals surface area contributed by atoms with Crippen LogP contribution >= 0.6 is 0 Å². The number of ketones is 1. The van der Waals surface area contributed by atoms with Crippen molar-refractivity contribution in [2.45, 2.75) is 33.6 Å². The molecule has 0 spiro atoms. The van der Waals surface area contributed by atoms with Crippen molar-refractivity contribution in [1.82, 2.24) is 0 Å². The molecular formula is C23H30O4. The highest BCUT2D eigenvalue weighted by atomic mass is 16.5. The van der Waals surface area contributed by atoms with Gasteiger partial charge >= 0.3 is 0 Å². The Bertz CT molecular complexity index is 744. The number of methoxy groups -OCH3 is 3. The molecule has 27 heavy (non-hydrogen) atoms. The molecule has 0 fully saturated rings. The molecular weight excluding hydrogens is 340 g/mol. The van der Waals surface area contributed by atoms with E-state index >= 15 is 0 Å². The number of rotatable bonds is 7. The molecule has 1 unspecified atom stereocenters. The highest BCUT2D eigenvalue weighted by molar-refractivity contribution is 6.02. The SMILES string of the molecule is COc1cc(/C=C/C(=O)/C=C/C2C(C)=CCCC2(C)C)cc(OC)c1OC. The maximum atomic E-state index is 12.3. The summed E-state index contributed by atoms with van der Waals surface area (Å²) >= 11 is 0. The Hall–Kier alpha value is -2.49. The lowest BCUT2D eigenvalue weighted by atomic mass is 9.68. The molecule has 4 nitrogen and oxygen atoms in total. The first-order valence-corrected chi connectivity index (χ1v) is 9.19. The Labute approximate surface area is 162 Å². The van der Waals surface area contributed by atoms with Crippen LogP contribution in [0.15, 0.2) is 42.0 Å². The van der Waals surface area contributed by atoms with Gasteiger partial charge < -0.3 is 14.2 Å². The fraction of sp³-hybridized carbons (Fsp3) is 0.435. The van der Waals surface area contributed by atoms with Gasteiger partial charge in [-0.25, -0.2) is 0 Å². The number of carbonyl (C=O) groups is 1. The van der Waals surface area contributed by atoms with Crippen molar-refractivity contribution in [3.8, 4) is 17.2 Å². The standard InChI is InChI=1S/C23H30O4/c1-16-8-7-13-23(2,3)19(16)12-11-18(24)10-9-17-14-20(25-4)22(27-6)21(15-17)26-5/h8-12,14-15,19H,7,13H2,1-6H3/b10-9+,12-11+. The van der Waals surface area contributed by atoms with Crippen molar-refractivity contribution in [2.75, 3.05) is 21.3 Å². The van der Waals surface area contributed by atoms with Crippen molar-refractivity contribution in [2.24, 2.45) is 11.3 Å². The summed E-state index contributed by atoms with van der Waals surface area (Å²) < 4.78 is 16.0. The fourth-order valence-corrected chi connectivity index (χ4v) is 3.61. The van der Waals surface area contributed by atoms with Crippen molar-refractivity contribution in [3.63, 3.8) is 0 Å². The maximum absolute atomic E-state index is 12.3. The molecule has 0 bridgehead atoms. The number of carbonyl (C=O) groups excluding carboxylic acids is 1. The third-order valence-electron chi connectivity index (χ3n) is 5.17. The van der Waals surface area contributed by atoms with Crippen LogP contribution in [0.4, 0.5) is 0 Å². The van der Waals surface area contributed by atoms with Gasteiger partial charge in [0, 0.05) is 5.92 Å². The molecule has 0 radical (unpaired) electrons. The average Bonchev–Trinajstić information content (AvgIpc) is 2.64. The van der Waals surface area contributed by atoms with Crippen molar-refractivity contribution < 1.29 is 19.0 Å². The van der Waals surface area contributed by atoms with Gasteiger partial charge in [-0.3, -0.25) is 4.79 Å². The number of hydrogen-bond donors (Lipinski definition) is 0. The van der Waals surface area contributed by atoms with Crippen molar-refractivity contribution >= 4 is 11.9 Å². The zero-order chi connectivity index (χ0) is 20.0. The molecule has 0 aliphatic heterocycles. The lowest BCUT2D eigenvalue weighted by Crippen LogP contribution is -2.26. The summed E-state index contributed by atoms with van der Waals surface area (Å²) in [5.74, 6) is 1.90. The van der Waals surface area contributed by atoms with Gasteiger partial charge in [-0.05, 0) is 55.0 Å². The van der Waals surface area contributed by atoms with E-state index in [9.17, 15) is 4.79 Å². The van der Waals surface area contributed by atoms with E-state index in [1.54, 1.807) is 39.6 Å². The summed E-state index contributed by atoms with van der Waals surface area (Å²) in [6.45, 7) is 6.66. The van der Waals surface area contributed by atoms with Gasteiger partial charge in [-0.15, -0.1) is 0 Å². The largest absolute Gasteiger partial charge is 0.493 e. The van der Waals surface area contributed by atoms with Gasteiger partial charge in [0.2, 0.25) is 5.75 Å². The number of allylic oxidation sites excluding steroid dienone is 5. The lowest BCUT2D eigenvalue weighted by Gasteiger charge is -2.36. The molecule has 4 heteroatoms. The van der Waals surface area contributed by atoms with Crippen LogP contribution in [0.3, 0.4) is 0 Å². The second-order valence-corrected chi connectivity index (χ2v) is 7.51. The van der Waals surface area contributed by atoms with E-state index in [0.717, 1.165) is 18.4 Å². The molecule has 0 saturated heterocycles. The van der Waals surface area contributed by atoms with E-state index in [0.29, 0.717) is 23.2 Å². The van der Waals surface area contributed by atoms with E-state index < -0.39 is 0 Å². The molecule has 2 rings (SSSR count). The first kappa shape index (κ1) is 20.8. The minimum Gasteiger partial charge on any atom is -0.493 e. The Morgan fingerprint density at radius 3 is 2.22 bits per heavy atom. The maximum Gasteiger partial charge on any atom is 0.203 e. The molecule has 1 aliphatic carbocycles. The summed E-state index contributed by atoms with van der Waals surface area (Å²) in [6, 6.07) is 3.62. The summed E-state index contributed by atoms with van der Waals surface area (Å²) in [5, 5.41) is 0. The van der Waals surface area contributed by atoms with Gasteiger partial charge in [0.15, 0.2) is 17.3 Å². The summed E-state index contributed by atoms with van der Waals surface area (Å²) in [4.78, 5) is 12.3. The molecule has 1 aromatic carbocycles. The lowest BCUT2D eigenvalue weighted by molar-refractivity contribution is -0.110. The second-order valence-electron chi connectivity index (χ2n) is 7.51. The van der Waals surface area contributed by atoms with Crippen LogP contribution in [0.1, 0.15) is 39.2 Å². The highest BCUT2D eigenvalue weighted by Gasteiger charge is 2.30. The van der Waals surface area contributed by atoms with Crippen LogP contribution in [0, 0.1) is 11.3 Å². The molecule has 146 valence electrons. The molecule has 0 aromatic heterocycles. The average molecular weight is 370 g/mol. The predicted molar refractivity (Wildman–Crippen MR) is 110 cm³/mol. The number of benzene rings is 1. The first-order valence-electron chi connectivity index (χ1n) is 9.19. The Kier molecular flexibility index (Phi) is 6.89. The minimum absolute atomic E-state index is 0.0436. The van der Waals surface area contributed by atoms with Gasteiger partial charge in [-0.1, -0.05) is 37.6 Å². The second kappa shape index (κ2) is 8.94. The fourth-order valence-electron chi connectivity index (χ4n) is 3.61. The molecule has 1 atom stereocenters. The first-order chi connectivity index (χ1) is 12.8. The van der Waals surface area contributed by atoms with Crippen LogP contribution in [-0.2, 0) is 4.79 Å². The topological polar surface area (TPSA) is 44.8 Å². The monoisotopic (exact) mass is 370 g/mol. The smallest absolute Gasteiger partial charge is 0.203 e. The van der Waals surface area contributed by atoms with Crippen molar-refractivity contribution in [3.05, 3.63) is 47.6 Å². The van der Waals surface area contributed by atoms with E-state index in [-0.39, 0.29) is 11.2 Å². The van der Waals surface area contributed by atoms with Crippen LogP contribution < -0.4 is 14.2 Å². The van der Waals surface area contributed by atoms with Crippen molar-refractivity contribution in [1.29, 1.82) is 0 Å². The van der Waals surface area contributed by atoms with E-state index in [1.807, 2.05) is 18.2 Å². The van der Waals surface area contributed by atoms with Crippen LogP contribution in [0.2, 0.25) is 0 Å². The van der Waals surface area contributed by atoms with Gasteiger partial charge in [0.25, 0.3) is 0 Å². The normalized spacial score (nSPS) is 19.2. The predicted octanol–water partition coefficient (Wildman–Crippen LogP) is 5.23. The molecule has 1 aliphatic rings. The summed E-state index contributed by atoms with van der Waals surface area (Å²) in [7, 11) is 4.70. The molecule has 0 heterocycles. The number of hydrogen-bond acceptors (Lipinski definition) is 4. The minimum atomic E-state index is -0.0436. The molecule has 0 amide bonds. The Morgan fingerprint density at radius 1 is 1.07 bits per heavy atom. The van der Waals surface area contributed by atoms with Crippen LogP contribution in [0.25, 0.3) is 6.08 Å². The van der Waals surface area contributed by atoms with Crippen LogP contribution in [-0.4, -0.2) is 27.1 Å². The van der Waals surface area contributed by atoms with E-state index in [2.05, 4.69) is 26.8 Å².